The van der Waals surface area contributed by atoms with Crippen LogP contribution in [0, 0.1) is 10.1 Å². The van der Waals surface area contributed by atoms with Crippen LogP contribution >= 0.6 is 11.3 Å². The number of thiazole rings is 1. The summed E-state index contributed by atoms with van der Waals surface area (Å²) in [6, 6.07) is 8.16. The van der Waals surface area contributed by atoms with Crippen LogP contribution < -0.4 is 9.54 Å². The van der Waals surface area contributed by atoms with Crippen molar-refractivity contribution < 1.29 is 22.9 Å². The Balaban J connectivity index is 1.99. The molecule has 0 atom stereocenters. The fourth-order valence-corrected chi connectivity index (χ4v) is 5.68. The molecule has 0 aliphatic rings. The number of nitro benzene ring substituents is 1. The number of methoxy groups -OCH3 is 1. The van der Waals surface area contributed by atoms with E-state index in [1.54, 1.807) is 11.6 Å². The lowest BCUT2D eigenvalue weighted by molar-refractivity contribution is -0.384. The Morgan fingerprint density at radius 1 is 1.24 bits per heavy atom. The molecule has 10 nitrogen and oxygen atoms in total. The predicted octanol–water partition coefficient (Wildman–Crippen LogP) is 3.26. The summed E-state index contributed by atoms with van der Waals surface area (Å²) in [6.07, 6.45) is 2.96. The molecule has 0 spiro atoms. The summed E-state index contributed by atoms with van der Waals surface area (Å²) >= 11 is 1.10. The molecule has 2 aromatic carbocycles. The van der Waals surface area contributed by atoms with Gasteiger partial charge < -0.3 is 9.30 Å². The highest BCUT2D eigenvalue weighted by atomic mass is 32.2. The average Bonchev–Trinajstić information content (AvgIpc) is 3.13. The molecule has 0 saturated carbocycles. The van der Waals surface area contributed by atoms with Crippen LogP contribution in [-0.4, -0.2) is 48.3 Å². The van der Waals surface area contributed by atoms with Crippen molar-refractivity contribution >= 4 is 43.2 Å². The fourth-order valence-electron chi connectivity index (χ4n) is 3.23. The zero-order chi connectivity index (χ0) is 25.0. The second-order valence-electron chi connectivity index (χ2n) is 7.04. The number of hydrogen-bond donors (Lipinski definition) is 0. The summed E-state index contributed by atoms with van der Waals surface area (Å²) in [5.41, 5.74) is 0.617. The highest BCUT2D eigenvalue weighted by molar-refractivity contribution is 7.89. The van der Waals surface area contributed by atoms with Crippen LogP contribution in [0.2, 0.25) is 0 Å². The summed E-state index contributed by atoms with van der Waals surface area (Å²) in [7, 11) is -0.720. The highest BCUT2D eigenvalue weighted by Gasteiger charge is 2.23. The van der Waals surface area contributed by atoms with Crippen LogP contribution in [-0.2, 0) is 17.1 Å². The molecule has 0 bridgehead atoms. The number of aromatic nitrogens is 1. The first-order chi connectivity index (χ1) is 16.1. The van der Waals surface area contributed by atoms with E-state index in [1.165, 1.54) is 60.0 Å². The summed E-state index contributed by atoms with van der Waals surface area (Å²) in [6.45, 7) is 7.39. The third-order valence-electron chi connectivity index (χ3n) is 4.88. The van der Waals surface area contributed by atoms with Crippen LogP contribution in [0.5, 0.6) is 5.75 Å². The van der Waals surface area contributed by atoms with E-state index in [0.29, 0.717) is 15.0 Å². The molecule has 178 valence electrons. The third kappa shape index (κ3) is 4.83. The number of nitrogens with zero attached hydrogens (tertiary/aromatic N) is 4. The minimum atomic E-state index is -3.79. The molecule has 0 radical (unpaired) electrons. The van der Waals surface area contributed by atoms with E-state index < -0.39 is 20.9 Å². The number of ether oxygens (including phenoxy) is 1. The SMILES string of the molecule is C=CCN(CC=C)S(=O)(=O)c1ccc(C(=O)N=c2sc3cc([N+](=O)[O-])cc(OC)c3n2C)cc1. The number of aryl methyl sites for hydroxylation is 1. The lowest BCUT2D eigenvalue weighted by Crippen LogP contribution is -2.31. The molecule has 1 amide bonds. The number of rotatable bonds is 9. The molecule has 3 aromatic rings. The summed E-state index contributed by atoms with van der Waals surface area (Å²) in [5.74, 6) is -0.302. The van der Waals surface area contributed by atoms with Crippen molar-refractivity contribution in [2.45, 2.75) is 4.90 Å². The molecule has 12 heteroatoms. The smallest absolute Gasteiger partial charge is 0.279 e. The Hall–Kier alpha value is -3.61. The Morgan fingerprint density at radius 3 is 2.38 bits per heavy atom. The van der Waals surface area contributed by atoms with Gasteiger partial charge in [0.25, 0.3) is 11.6 Å². The van der Waals surface area contributed by atoms with Crippen molar-refractivity contribution in [2.24, 2.45) is 12.0 Å². The minimum absolute atomic E-state index is 0.0252. The maximum atomic E-state index is 12.8. The average molecular weight is 503 g/mol. The first-order valence-corrected chi connectivity index (χ1v) is 12.1. The largest absolute Gasteiger partial charge is 0.494 e. The maximum Gasteiger partial charge on any atom is 0.279 e. The Kier molecular flexibility index (Phi) is 7.44. The number of fused-ring (bicyclic) bond motifs is 1. The lowest BCUT2D eigenvalue weighted by atomic mass is 10.2. The molecule has 34 heavy (non-hydrogen) atoms. The number of nitro groups is 1. The van der Waals surface area contributed by atoms with E-state index >= 15 is 0 Å². The molecule has 0 aliphatic heterocycles. The number of carbonyl (C=O) groups excluding carboxylic acids is 1. The van der Waals surface area contributed by atoms with Gasteiger partial charge in [0.15, 0.2) is 10.6 Å². The van der Waals surface area contributed by atoms with Gasteiger partial charge in [0.1, 0.15) is 5.52 Å². The quantitative estimate of drug-likeness (QED) is 0.251. The number of carbonyl (C=O) groups is 1. The van der Waals surface area contributed by atoms with E-state index in [-0.39, 0.29) is 35.0 Å². The van der Waals surface area contributed by atoms with Crippen molar-refractivity contribution in [1.29, 1.82) is 0 Å². The van der Waals surface area contributed by atoms with Gasteiger partial charge in [-0.3, -0.25) is 14.9 Å². The highest BCUT2D eigenvalue weighted by Crippen LogP contribution is 2.32. The number of non-ortho nitro benzene ring substituents is 1. The van der Waals surface area contributed by atoms with Crippen LogP contribution in [0.4, 0.5) is 5.69 Å². The molecular formula is C22H22N4O6S2. The van der Waals surface area contributed by atoms with Crippen molar-refractivity contribution in [3.8, 4) is 5.75 Å². The van der Waals surface area contributed by atoms with Crippen LogP contribution in [0.25, 0.3) is 10.2 Å². The Morgan fingerprint density at radius 2 is 1.85 bits per heavy atom. The van der Waals surface area contributed by atoms with Crippen LogP contribution in [0.1, 0.15) is 10.4 Å². The van der Waals surface area contributed by atoms with Crippen molar-refractivity contribution in [3.63, 3.8) is 0 Å². The molecular weight excluding hydrogens is 480 g/mol. The van der Waals surface area contributed by atoms with Crippen molar-refractivity contribution in [3.05, 3.63) is 82.2 Å². The molecule has 0 saturated heterocycles. The van der Waals surface area contributed by atoms with Gasteiger partial charge in [-0.15, -0.1) is 13.2 Å². The van der Waals surface area contributed by atoms with Gasteiger partial charge in [-0.25, -0.2) is 8.42 Å². The zero-order valence-electron chi connectivity index (χ0n) is 18.5. The Labute approximate surface area is 199 Å². The van der Waals surface area contributed by atoms with Gasteiger partial charge in [0.2, 0.25) is 10.0 Å². The van der Waals surface area contributed by atoms with Crippen LogP contribution in [0.15, 0.2) is 71.6 Å². The molecule has 0 N–H and O–H groups in total. The van der Waals surface area contributed by atoms with Gasteiger partial charge in [-0.1, -0.05) is 23.5 Å². The number of benzene rings is 2. The molecule has 1 heterocycles. The van der Waals surface area contributed by atoms with Gasteiger partial charge in [0.05, 0.1) is 27.7 Å². The molecule has 0 fully saturated rings. The van der Waals surface area contributed by atoms with Crippen molar-refractivity contribution in [2.75, 3.05) is 20.2 Å². The van der Waals surface area contributed by atoms with E-state index in [9.17, 15) is 23.3 Å². The van der Waals surface area contributed by atoms with E-state index in [2.05, 4.69) is 18.2 Å². The topological polar surface area (TPSA) is 124 Å². The summed E-state index contributed by atoms with van der Waals surface area (Å²) < 4.78 is 34.3. The van der Waals surface area contributed by atoms with E-state index in [4.69, 9.17) is 4.74 Å². The second kappa shape index (κ2) is 10.1. The third-order valence-corrected chi connectivity index (χ3v) is 7.81. The first kappa shape index (κ1) is 25.0. The minimum Gasteiger partial charge on any atom is -0.494 e. The Bertz CT molecular complexity index is 1440. The van der Waals surface area contributed by atoms with Gasteiger partial charge in [0, 0.05) is 31.8 Å². The molecule has 0 aliphatic carbocycles. The lowest BCUT2D eigenvalue weighted by Gasteiger charge is -2.19. The van der Waals surface area contributed by atoms with Gasteiger partial charge in [-0.05, 0) is 24.3 Å². The van der Waals surface area contributed by atoms with Crippen molar-refractivity contribution in [1.82, 2.24) is 8.87 Å². The molecule has 3 rings (SSSR count). The zero-order valence-corrected chi connectivity index (χ0v) is 20.1. The van der Waals surface area contributed by atoms with Gasteiger partial charge in [-0.2, -0.15) is 9.30 Å². The van der Waals surface area contributed by atoms with E-state index in [0.717, 1.165) is 11.3 Å². The summed E-state index contributed by atoms with van der Waals surface area (Å²) in [4.78, 5) is 27.9. The van der Waals surface area contributed by atoms with Crippen LogP contribution in [0.3, 0.4) is 0 Å². The normalized spacial score (nSPS) is 12.1. The fraction of sp³-hybridized carbons (Fsp3) is 0.182. The standard InChI is InChI=1S/C22H22N4O6S2/c1-5-11-25(12-6-2)34(30,31)17-9-7-15(8-10-17)21(27)23-22-24(3)20-18(32-4)13-16(26(28)29)14-19(20)33-22/h5-10,13-14H,1-2,11-12H2,3-4H3. The second-order valence-corrected chi connectivity index (χ2v) is 9.98. The monoisotopic (exact) mass is 502 g/mol. The summed E-state index contributed by atoms with van der Waals surface area (Å²) in [5, 5.41) is 11.2. The maximum absolute atomic E-state index is 12.8. The van der Waals surface area contributed by atoms with E-state index in [1.807, 2.05) is 0 Å². The molecule has 1 aromatic heterocycles. The predicted molar refractivity (Wildman–Crippen MR) is 129 cm³/mol. The first-order valence-electron chi connectivity index (χ1n) is 9.87. The van der Waals surface area contributed by atoms with Gasteiger partial charge >= 0.3 is 0 Å². The number of amides is 1. The number of sulfonamides is 1. The number of hydrogen-bond acceptors (Lipinski definition) is 7. The molecule has 0 unspecified atom stereocenters.